The first-order valence-corrected chi connectivity index (χ1v) is 19.4. The summed E-state index contributed by atoms with van der Waals surface area (Å²) in [5, 5.41) is 126. The van der Waals surface area contributed by atoms with E-state index in [0.717, 1.165) is 0 Å². The first kappa shape index (κ1) is 43.1. The Hall–Kier alpha value is -1.47. The molecule has 3 aliphatic heterocycles. The summed E-state index contributed by atoms with van der Waals surface area (Å²) in [7, 11) is 0. The van der Waals surface area contributed by atoms with Crippen LogP contribution in [0.25, 0.3) is 0 Å². The van der Waals surface area contributed by atoms with Crippen molar-refractivity contribution in [2.75, 3.05) is 13.2 Å². The summed E-state index contributed by atoms with van der Waals surface area (Å²) >= 11 is 0. The first-order valence-electron chi connectivity index (χ1n) is 19.4. The van der Waals surface area contributed by atoms with Gasteiger partial charge in [0.15, 0.2) is 12.6 Å². The van der Waals surface area contributed by atoms with Crippen LogP contribution in [0.3, 0.4) is 0 Å². The highest BCUT2D eigenvalue weighted by molar-refractivity contribution is 5.81. The van der Waals surface area contributed by atoms with Crippen LogP contribution >= 0.6 is 0 Å². The summed E-state index contributed by atoms with van der Waals surface area (Å²) in [6, 6.07) is 0. The molecule has 0 aromatic rings. The molecule has 0 aromatic heterocycles. The molecule has 6 aliphatic rings. The van der Waals surface area contributed by atoms with Gasteiger partial charge in [-0.2, -0.15) is 0 Å². The van der Waals surface area contributed by atoms with E-state index in [-0.39, 0.29) is 44.1 Å². The zero-order valence-corrected chi connectivity index (χ0v) is 30.4. The van der Waals surface area contributed by atoms with Gasteiger partial charge >= 0.3 is 5.97 Å². The summed E-state index contributed by atoms with van der Waals surface area (Å²) < 4.78 is 35.7. The summed E-state index contributed by atoms with van der Waals surface area (Å²) in [6.07, 6.45) is -19.3. The predicted molar refractivity (Wildman–Crippen MR) is 181 cm³/mol. The van der Waals surface area contributed by atoms with E-state index in [1.54, 1.807) is 6.08 Å². The molecule has 3 aliphatic carbocycles. The molecule has 18 atom stereocenters. The van der Waals surface area contributed by atoms with Gasteiger partial charge in [0.05, 0.1) is 55.4 Å². The highest BCUT2D eigenvalue weighted by Crippen LogP contribution is 2.45. The van der Waals surface area contributed by atoms with Crippen LogP contribution in [0.2, 0.25) is 0 Å². The Morgan fingerprint density at radius 2 is 1.18 bits per heavy atom. The molecule has 316 valence electrons. The maximum Gasteiger partial charge on any atom is 0.330 e. The topological polar surface area (TPSA) is 315 Å². The van der Waals surface area contributed by atoms with Gasteiger partial charge in [-0.15, -0.1) is 0 Å². The summed E-state index contributed by atoms with van der Waals surface area (Å²) in [5.74, 6) is -1.88. The highest BCUT2D eigenvalue weighted by Gasteiger charge is 2.54. The van der Waals surface area contributed by atoms with Gasteiger partial charge in [-0.05, 0) is 63.2 Å². The molecule has 0 aromatic carbocycles. The number of fused-ring (bicyclic) bond motifs is 1. The lowest BCUT2D eigenvalue weighted by atomic mass is 9.72. The van der Waals surface area contributed by atoms with E-state index >= 15 is 0 Å². The average molecular weight is 795 g/mol. The first-order chi connectivity index (χ1) is 26.1. The molecule has 0 amide bonds. The minimum absolute atomic E-state index is 0.0159. The minimum Gasteiger partial charge on any atom is -0.460 e. The smallest absolute Gasteiger partial charge is 0.330 e. The Kier molecular flexibility index (Phi) is 14.6. The number of hydrogen-bond donors (Lipinski definition) is 12. The molecule has 19 nitrogen and oxygen atoms in total. The van der Waals surface area contributed by atoms with Gasteiger partial charge in [-0.25, -0.2) is 4.79 Å². The van der Waals surface area contributed by atoms with Crippen LogP contribution in [0.5, 0.6) is 0 Å². The van der Waals surface area contributed by atoms with Crippen molar-refractivity contribution in [3.63, 3.8) is 0 Å². The third-order valence-electron chi connectivity index (χ3n) is 12.3. The second-order valence-corrected chi connectivity index (χ2v) is 16.1. The van der Waals surface area contributed by atoms with E-state index in [2.05, 4.69) is 0 Å². The van der Waals surface area contributed by atoms with Crippen molar-refractivity contribution in [1.82, 2.24) is 0 Å². The number of hydrogen-bond acceptors (Lipinski definition) is 19. The van der Waals surface area contributed by atoms with Crippen molar-refractivity contribution >= 4 is 5.97 Å². The molecule has 55 heavy (non-hydrogen) atoms. The van der Waals surface area contributed by atoms with Crippen molar-refractivity contribution in [1.29, 1.82) is 0 Å². The molecule has 19 heteroatoms. The maximum absolute atomic E-state index is 12.6. The van der Waals surface area contributed by atoms with Gasteiger partial charge < -0.3 is 89.7 Å². The Bertz CT molecular complexity index is 1250. The van der Waals surface area contributed by atoms with E-state index < -0.39 is 141 Å². The van der Waals surface area contributed by atoms with Crippen molar-refractivity contribution < 1.29 is 94.5 Å². The molecule has 0 bridgehead atoms. The molecular weight excluding hydrogens is 736 g/mol. The van der Waals surface area contributed by atoms with Gasteiger partial charge in [0.2, 0.25) is 0 Å². The van der Waals surface area contributed by atoms with Gasteiger partial charge in [0.1, 0.15) is 61.5 Å². The van der Waals surface area contributed by atoms with Crippen LogP contribution in [0, 0.1) is 17.8 Å². The fourth-order valence-corrected chi connectivity index (χ4v) is 9.01. The quantitative estimate of drug-likeness (QED) is 0.0732. The Labute approximate surface area is 317 Å². The van der Waals surface area contributed by atoms with Gasteiger partial charge in [-0.1, -0.05) is 6.08 Å². The monoisotopic (exact) mass is 794 g/mol. The standard InChI is InChI=1S/C36H58O19/c37-12-24-28(44)30(46)32(48)35(54-24)52-22-10-17(39)9-21-18(22)11-23(34(51-21)15-7-19(40)27(43)20(41)8-15)53-36-33(49)31(47)29(45)25(55-36)13-50-26(42)6-3-14-1-4-16(38)5-2-14/h3,6,14-25,27-41,43-49H,1-2,4-5,7-13H2/t14?,15?,16?,17?,18?,19?,20?,21?,22?,23?,24-,25-,27?,28-,29-,30+,31+,32-,33-,34?,35-,36-/m1/s1. The number of allylic oxidation sites excluding steroid dienone is 1. The normalized spacial score (nSPS) is 51.1. The Morgan fingerprint density at radius 1 is 0.600 bits per heavy atom. The molecule has 0 spiro atoms. The third kappa shape index (κ3) is 9.88. The lowest BCUT2D eigenvalue weighted by molar-refractivity contribution is -0.345. The molecule has 6 rings (SSSR count). The van der Waals surface area contributed by atoms with Crippen molar-refractivity contribution in [2.45, 2.75) is 174 Å². The van der Waals surface area contributed by atoms with Crippen LogP contribution in [-0.2, 0) is 33.2 Å². The van der Waals surface area contributed by atoms with E-state index in [0.29, 0.717) is 25.7 Å². The van der Waals surface area contributed by atoms with E-state index in [9.17, 15) is 66.1 Å². The fraction of sp³-hybridized carbons (Fsp3) is 0.917. The van der Waals surface area contributed by atoms with Gasteiger partial charge in [-0.3, -0.25) is 0 Å². The molecule has 12 N–H and O–H groups in total. The Morgan fingerprint density at radius 3 is 1.80 bits per heavy atom. The van der Waals surface area contributed by atoms with Crippen LogP contribution in [0.15, 0.2) is 12.2 Å². The average Bonchev–Trinajstić information content (AvgIpc) is 3.16. The number of rotatable bonds is 10. The molecule has 6 fully saturated rings. The molecule has 3 saturated heterocycles. The van der Waals surface area contributed by atoms with Crippen molar-refractivity contribution in [2.24, 2.45) is 17.8 Å². The third-order valence-corrected chi connectivity index (χ3v) is 12.3. The van der Waals surface area contributed by atoms with E-state index in [1.807, 2.05) is 0 Å². The summed E-state index contributed by atoms with van der Waals surface area (Å²) in [6.45, 7) is -1.20. The second-order valence-electron chi connectivity index (χ2n) is 16.1. The van der Waals surface area contributed by atoms with Crippen LogP contribution in [0.1, 0.15) is 57.8 Å². The van der Waals surface area contributed by atoms with Crippen LogP contribution < -0.4 is 0 Å². The van der Waals surface area contributed by atoms with E-state index in [1.165, 1.54) is 6.08 Å². The fourth-order valence-electron chi connectivity index (χ4n) is 9.01. The maximum atomic E-state index is 12.6. The molecular formula is C36H58O19. The molecule has 8 unspecified atom stereocenters. The second kappa shape index (κ2) is 18.6. The number of aliphatic hydroxyl groups is 12. The number of carbonyl (C=O) groups is 1. The molecule has 3 heterocycles. The van der Waals surface area contributed by atoms with Gasteiger partial charge in [0.25, 0.3) is 0 Å². The van der Waals surface area contributed by atoms with Crippen LogP contribution in [0.4, 0.5) is 0 Å². The van der Waals surface area contributed by atoms with Gasteiger partial charge in [0, 0.05) is 18.4 Å². The minimum atomic E-state index is -1.81. The lowest BCUT2D eigenvalue weighted by Crippen LogP contribution is -2.63. The summed E-state index contributed by atoms with van der Waals surface area (Å²) in [4.78, 5) is 12.6. The number of esters is 1. The molecule has 0 radical (unpaired) electrons. The highest BCUT2D eigenvalue weighted by atomic mass is 16.7. The summed E-state index contributed by atoms with van der Waals surface area (Å²) in [5.41, 5.74) is 0. The molecule has 3 saturated carbocycles. The van der Waals surface area contributed by atoms with Crippen molar-refractivity contribution in [3.05, 3.63) is 12.2 Å². The number of carbonyl (C=O) groups excluding carboxylic acids is 1. The zero-order valence-electron chi connectivity index (χ0n) is 30.4. The Balaban J connectivity index is 1.18. The van der Waals surface area contributed by atoms with Crippen LogP contribution in [-0.4, -0.2) is 197 Å². The SMILES string of the molecule is O=C(C=CC1CCC(O)CC1)OC[C@H]1O[C@@H](OC2CC3C(CC(O)CC3O[C@@H]3O[C@H](CO)[C@@H](O)[C@H](O)[C@H]3O)OC2C2CC(O)C(O)C(O)C2)[C@H](O)[C@@H](O)[C@@H]1O. The number of aliphatic hydroxyl groups excluding tert-OH is 12. The zero-order chi connectivity index (χ0) is 39.7. The number of ether oxygens (including phenoxy) is 6. The lowest BCUT2D eigenvalue weighted by Gasteiger charge is -2.52. The van der Waals surface area contributed by atoms with E-state index in [4.69, 9.17) is 28.4 Å². The van der Waals surface area contributed by atoms with Crippen molar-refractivity contribution in [3.8, 4) is 0 Å². The predicted octanol–water partition coefficient (Wildman–Crippen LogP) is -4.56. The largest absolute Gasteiger partial charge is 0.460 e.